The second-order valence-corrected chi connectivity index (χ2v) is 7.24. The molecule has 0 aliphatic carbocycles. The molecule has 0 saturated heterocycles. The number of nitro groups is 1. The van der Waals surface area contributed by atoms with E-state index in [-0.39, 0.29) is 11.3 Å². The molecule has 8 heteroatoms. The van der Waals surface area contributed by atoms with Gasteiger partial charge in [-0.2, -0.15) is 0 Å². The van der Waals surface area contributed by atoms with E-state index in [9.17, 15) is 23.6 Å². The van der Waals surface area contributed by atoms with Gasteiger partial charge >= 0.3 is 0 Å². The molecule has 0 saturated carbocycles. The summed E-state index contributed by atoms with van der Waals surface area (Å²) in [5.74, 6) is 0. The van der Waals surface area contributed by atoms with Crippen LogP contribution >= 0.6 is 15.9 Å². The molecule has 0 heterocycles. The number of non-ortho nitro benzene ring substituents is 1. The van der Waals surface area contributed by atoms with Crippen LogP contribution in [0.4, 0.5) is 5.69 Å². The molecule has 0 radical (unpaired) electrons. The van der Waals surface area contributed by atoms with Crippen molar-refractivity contribution in [1.82, 2.24) is 0 Å². The van der Waals surface area contributed by atoms with Gasteiger partial charge < -0.3 is 5.11 Å². The summed E-state index contributed by atoms with van der Waals surface area (Å²) in [4.78, 5) is 9.93. The number of halogens is 1. The number of hydrogen-bond donors (Lipinski definition) is 1. The molecule has 2 unspecified atom stereocenters. The van der Waals surface area contributed by atoms with Gasteiger partial charge in [-0.05, 0) is 5.56 Å². The summed E-state index contributed by atoms with van der Waals surface area (Å²) in [6.07, 6.45) is -0.391. The third kappa shape index (κ3) is 3.48. The lowest BCUT2D eigenvalue weighted by Crippen LogP contribution is -2.21. The summed E-state index contributed by atoms with van der Waals surface area (Å²) in [6, 6.07) is 5.22. The van der Waals surface area contributed by atoms with E-state index < -0.39 is 25.0 Å². The lowest BCUT2D eigenvalue weighted by atomic mass is 10.1. The molecule has 1 N–H and O–H groups in total. The molecule has 0 aromatic heterocycles. The summed E-state index contributed by atoms with van der Waals surface area (Å²) < 4.78 is 21.3. The van der Waals surface area contributed by atoms with Gasteiger partial charge in [0.2, 0.25) is 0 Å². The molecule has 0 aliphatic rings. The number of aliphatic hydroxyl groups excluding tert-OH is 1. The first-order valence-electron chi connectivity index (χ1n) is 4.49. The van der Waals surface area contributed by atoms with Crippen LogP contribution in [0.5, 0.6) is 0 Å². The zero-order valence-electron chi connectivity index (χ0n) is 8.78. The highest BCUT2D eigenvalue weighted by molar-refractivity contribution is 9.11. The summed E-state index contributed by atoms with van der Waals surface area (Å²) in [5, 5.41) is 20.3. The molecule has 0 spiro atoms. The van der Waals surface area contributed by atoms with E-state index >= 15 is 0 Å². The Balaban J connectivity index is 3.09. The van der Waals surface area contributed by atoms with Gasteiger partial charge in [-0.3, -0.25) is 10.1 Å². The fourth-order valence-electron chi connectivity index (χ4n) is 1.21. The first-order chi connectivity index (χ1) is 7.73. The molecule has 0 bridgehead atoms. The maximum atomic E-state index is 11.2. The number of aliphatic hydroxyl groups is 1. The Morgan fingerprint density at radius 3 is 2.53 bits per heavy atom. The highest BCUT2D eigenvalue weighted by atomic mass is 79.9. The number of nitrogens with zero attached hydrogens (tertiary/aromatic N) is 1. The quantitative estimate of drug-likeness (QED) is 0.513. The first kappa shape index (κ1) is 14.1. The van der Waals surface area contributed by atoms with Crippen molar-refractivity contribution in [2.75, 3.05) is 6.26 Å². The highest BCUT2D eigenvalue weighted by Crippen LogP contribution is 2.28. The number of sulfone groups is 1. The lowest BCUT2D eigenvalue weighted by Gasteiger charge is -2.15. The Kier molecular flexibility index (Phi) is 4.23. The number of alkyl halides is 1. The van der Waals surface area contributed by atoms with E-state index in [1.165, 1.54) is 18.2 Å². The van der Waals surface area contributed by atoms with Crippen LogP contribution in [-0.4, -0.2) is 28.9 Å². The van der Waals surface area contributed by atoms with Gasteiger partial charge in [-0.1, -0.05) is 28.1 Å². The predicted octanol–water partition coefficient (Wildman–Crippen LogP) is 1.39. The van der Waals surface area contributed by atoms with Crippen molar-refractivity contribution in [2.45, 2.75) is 10.3 Å². The van der Waals surface area contributed by atoms with E-state index in [4.69, 9.17) is 0 Å². The maximum Gasteiger partial charge on any atom is 0.269 e. The summed E-state index contributed by atoms with van der Waals surface area (Å²) in [5.41, 5.74) is -0.0266. The monoisotopic (exact) mass is 323 g/mol. The largest absolute Gasteiger partial charge is 0.386 e. The van der Waals surface area contributed by atoms with Crippen molar-refractivity contribution in [1.29, 1.82) is 0 Å². The van der Waals surface area contributed by atoms with Gasteiger partial charge in [0.15, 0.2) is 9.84 Å². The van der Waals surface area contributed by atoms with Crippen LogP contribution in [0.1, 0.15) is 11.7 Å². The lowest BCUT2D eigenvalue weighted by molar-refractivity contribution is -0.385. The number of benzene rings is 1. The Morgan fingerprint density at radius 1 is 1.47 bits per heavy atom. The van der Waals surface area contributed by atoms with Gasteiger partial charge in [0.25, 0.3) is 5.69 Å². The standard InChI is InChI=1S/C9H10BrNO5S/c1-17(15,16)9(10)8(12)6-3-2-4-7(5-6)11(13)14/h2-5,8-9,12H,1H3. The van der Waals surface area contributed by atoms with Crippen molar-refractivity contribution < 1.29 is 18.4 Å². The van der Waals surface area contributed by atoms with Crippen molar-refractivity contribution >= 4 is 31.5 Å². The number of rotatable bonds is 4. The van der Waals surface area contributed by atoms with Crippen molar-refractivity contribution in [2.24, 2.45) is 0 Å². The van der Waals surface area contributed by atoms with Crippen LogP contribution in [0.3, 0.4) is 0 Å². The van der Waals surface area contributed by atoms with Gasteiger partial charge in [-0.25, -0.2) is 8.42 Å². The van der Waals surface area contributed by atoms with Crippen molar-refractivity contribution in [3.8, 4) is 0 Å². The van der Waals surface area contributed by atoms with Crippen LogP contribution in [0, 0.1) is 10.1 Å². The normalized spacial score (nSPS) is 15.2. The predicted molar refractivity (Wildman–Crippen MR) is 65.6 cm³/mol. The van der Waals surface area contributed by atoms with Gasteiger partial charge in [-0.15, -0.1) is 0 Å². The molecule has 0 fully saturated rings. The zero-order chi connectivity index (χ0) is 13.2. The van der Waals surface area contributed by atoms with Crippen LogP contribution in [0.2, 0.25) is 0 Å². The highest BCUT2D eigenvalue weighted by Gasteiger charge is 2.28. The van der Waals surface area contributed by atoms with E-state index in [1.54, 1.807) is 0 Å². The van der Waals surface area contributed by atoms with E-state index in [0.717, 1.165) is 12.3 Å². The Hall–Kier alpha value is -0.990. The third-order valence-corrected chi connectivity index (χ3v) is 5.69. The molecule has 2 atom stereocenters. The minimum Gasteiger partial charge on any atom is -0.386 e. The Morgan fingerprint density at radius 2 is 2.06 bits per heavy atom. The smallest absolute Gasteiger partial charge is 0.269 e. The van der Waals surface area contributed by atoms with E-state index in [1.807, 2.05) is 0 Å². The fraction of sp³-hybridized carbons (Fsp3) is 0.333. The molecule has 17 heavy (non-hydrogen) atoms. The molecule has 6 nitrogen and oxygen atoms in total. The summed E-state index contributed by atoms with van der Waals surface area (Å²) in [6.45, 7) is 0. The minimum atomic E-state index is -3.49. The second-order valence-electron chi connectivity index (χ2n) is 3.48. The first-order valence-corrected chi connectivity index (χ1v) is 7.36. The van der Waals surface area contributed by atoms with Crippen LogP contribution in [-0.2, 0) is 9.84 Å². The van der Waals surface area contributed by atoms with Crippen LogP contribution < -0.4 is 0 Å². The zero-order valence-corrected chi connectivity index (χ0v) is 11.2. The average molecular weight is 324 g/mol. The molecule has 94 valence electrons. The third-order valence-electron chi connectivity index (χ3n) is 2.08. The summed E-state index contributed by atoms with van der Waals surface area (Å²) in [7, 11) is -3.49. The fourth-order valence-corrected chi connectivity index (χ4v) is 2.14. The molecule has 0 aliphatic heterocycles. The SMILES string of the molecule is CS(=O)(=O)C(Br)C(O)c1cccc([N+](=O)[O-])c1. The molecular weight excluding hydrogens is 314 g/mol. The van der Waals surface area contributed by atoms with E-state index in [2.05, 4.69) is 15.9 Å². The molecule has 1 aromatic carbocycles. The molecule has 1 rings (SSSR count). The van der Waals surface area contributed by atoms with Gasteiger partial charge in [0, 0.05) is 18.4 Å². The molecule has 1 aromatic rings. The maximum absolute atomic E-state index is 11.2. The Labute approximate surface area is 106 Å². The Bertz CT molecular complexity index is 530. The van der Waals surface area contributed by atoms with Crippen LogP contribution in [0.25, 0.3) is 0 Å². The van der Waals surface area contributed by atoms with Crippen molar-refractivity contribution in [3.05, 3.63) is 39.9 Å². The molecular formula is C9H10BrNO5S. The number of hydrogen-bond acceptors (Lipinski definition) is 5. The van der Waals surface area contributed by atoms with Crippen molar-refractivity contribution in [3.63, 3.8) is 0 Å². The summed E-state index contributed by atoms with van der Waals surface area (Å²) >= 11 is 2.85. The molecule has 0 amide bonds. The minimum absolute atomic E-state index is 0.173. The van der Waals surface area contributed by atoms with Crippen LogP contribution in [0.15, 0.2) is 24.3 Å². The topological polar surface area (TPSA) is 97.5 Å². The average Bonchev–Trinajstić information content (AvgIpc) is 2.26. The second kappa shape index (κ2) is 5.11. The van der Waals surface area contributed by atoms with Gasteiger partial charge in [0.1, 0.15) is 10.3 Å². The number of nitro benzene ring substituents is 1. The van der Waals surface area contributed by atoms with Gasteiger partial charge in [0.05, 0.1) is 4.92 Å². The van der Waals surface area contributed by atoms with E-state index in [0.29, 0.717) is 0 Å².